The fraction of sp³-hybridized carbons (Fsp3) is 0.368. The fourth-order valence-electron chi connectivity index (χ4n) is 2.85. The Balaban J connectivity index is 1.81. The average Bonchev–Trinajstić information content (AvgIpc) is 3.41. The Hall–Kier alpha value is -1.76. The molecule has 0 heterocycles. The second-order valence-electron chi connectivity index (χ2n) is 6.66. The van der Waals surface area contributed by atoms with Crippen molar-refractivity contribution in [1.29, 1.82) is 0 Å². The Labute approximate surface area is 148 Å². The number of nitrogens with zero attached hydrogens (tertiary/aromatic N) is 2. The lowest BCUT2D eigenvalue weighted by Crippen LogP contribution is -2.26. The van der Waals surface area contributed by atoms with E-state index >= 15 is 0 Å². The summed E-state index contributed by atoms with van der Waals surface area (Å²) in [5.74, 6) is -0.197. The van der Waals surface area contributed by atoms with E-state index in [1.165, 1.54) is 24.5 Å². The van der Waals surface area contributed by atoms with Crippen LogP contribution in [0.2, 0.25) is 0 Å². The Morgan fingerprint density at radius 3 is 2.40 bits per heavy atom. The molecule has 0 atom stereocenters. The second kappa shape index (κ2) is 7.23. The maximum Gasteiger partial charge on any atom is 0.242 e. The SMILES string of the molecule is CN(C)S(=O)(=O)c1cccc(CN(Cc2ccccc2F)C2CC2)c1. The Kier molecular flexibility index (Phi) is 5.22. The second-order valence-corrected chi connectivity index (χ2v) is 8.81. The van der Waals surface area contributed by atoms with E-state index < -0.39 is 10.0 Å². The zero-order chi connectivity index (χ0) is 18.0. The molecule has 0 saturated heterocycles. The minimum Gasteiger partial charge on any atom is -0.292 e. The molecule has 1 aliphatic carbocycles. The molecule has 4 nitrogen and oxygen atoms in total. The first-order chi connectivity index (χ1) is 11.9. The van der Waals surface area contributed by atoms with Crippen molar-refractivity contribution in [3.63, 3.8) is 0 Å². The molecule has 0 aromatic heterocycles. The van der Waals surface area contributed by atoms with Crippen LogP contribution < -0.4 is 0 Å². The van der Waals surface area contributed by atoms with E-state index in [0.717, 1.165) is 18.4 Å². The molecule has 1 aliphatic rings. The Morgan fingerprint density at radius 1 is 1.04 bits per heavy atom. The zero-order valence-corrected chi connectivity index (χ0v) is 15.3. The first-order valence-corrected chi connectivity index (χ1v) is 9.81. The summed E-state index contributed by atoms with van der Waals surface area (Å²) in [6.07, 6.45) is 2.20. The predicted molar refractivity (Wildman–Crippen MR) is 96.0 cm³/mol. The van der Waals surface area contributed by atoms with E-state index in [0.29, 0.717) is 24.7 Å². The lowest BCUT2D eigenvalue weighted by atomic mass is 10.1. The molecule has 0 spiro atoms. The molecule has 1 saturated carbocycles. The van der Waals surface area contributed by atoms with E-state index in [1.54, 1.807) is 30.3 Å². The van der Waals surface area contributed by atoms with Crippen molar-refractivity contribution in [2.75, 3.05) is 14.1 Å². The van der Waals surface area contributed by atoms with Crippen molar-refractivity contribution in [1.82, 2.24) is 9.21 Å². The molecule has 0 unspecified atom stereocenters. The van der Waals surface area contributed by atoms with Gasteiger partial charge in [0.15, 0.2) is 0 Å². The molecular weight excluding hydrogens is 339 g/mol. The maximum atomic E-state index is 14.0. The molecule has 0 aliphatic heterocycles. The van der Waals surface area contributed by atoms with Crippen LogP contribution in [0.5, 0.6) is 0 Å². The molecule has 0 bridgehead atoms. The number of rotatable bonds is 7. The summed E-state index contributed by atoms with van der Waals surface area (Å²) < 4.78 is 39.8. The van der Waals surface area contributed by atoms with Gasteiger partial charge in [0.2, 0.25) is 10.0 Å². The molecule has 1 fully saturated rings. The van der Waals surface area contributed by atoms with Crippen LogP contribution in [0.4, 0.5) is 4.39 Å². The van der Waals surface area contributed by atoms with Crippen LogP contribution in [0.15, 0.2) is 53.4 Å². The smallest absolute Gasteiger partial charge is 0.242 e. The van der Waals surface area contributed by atoms with Crippen LogP contribution in [-0.2, 0) is 23.1 Å². The quantitative estimate of drug-likeness (QED) is 0.759. The van der Waals surface area contributed by atoms with Gasteiger partial charge < -0.3 is 0 Å². The van der Waals surface area contributed by atoms with Crippen molar-refractivity contribution in [2.24, 2.45) is 0 Å². The van der Waals surface area contributed by atoms with Crippen molar-refractivity contribution in [3.05, 3.63) is 65.5 Å². The summed E-state index contributed by atoms with van der Waals surface area (Å²) in [6, 6.07) is 14.3. The van der Waals surface area contributed by atoms with Gasteiger partial charge in [-0.15, -0.1) is 0 Å². The highest BCUT2D eigenvalue weighted by atomic mass is 32.2. The van der Waals surface area contributed by atoms with Crippen molar-refractivity contribution >= 4 is 10.0 Å². The summed E-state index contributed by atoms with van der Waals surface area (Å²) in [6.45, 7) is 1.14. The van der Waals surface area contributed by atoms with Gasteiger partial charge in [0.05, 0.1) is 4.90 Å². The molecule has 0 amide bonds. The maximum absolute atomic E-state index is 14.0. The minimum atomic E-state index is -3.45. The monoisotopic (exact) mass is 362 g/mol. The third kappa shape index (κ3) is 4.26. The third-order valence-electron chi connectivity index (χ3n) is 4.46. The molecule has 25 heavy (non-hydrogen) atoms. The van der Waals surface area contributed by atoms with Gasteiger partial charge in [-0.2, -0.15) is 0 Å². The normalized spacial score (nSPS) is 15.1. The number of halogens is 1. The summed E-state index contributed by atoms with van der Waals surface area (Å²) in [4.78, 5) is 2.51. The Bertz CT molecular complexity index is 848. The number of hydrogen-bond donors (Lipinski definition) is 0. The predicted octanol–water partition coefficient (Wildman–Crippen LogP) is 3.24. The van der Waals surface area contributed by atoms with Gasteiger partial charge in [-0.3, -0.25) is 4.90 Å². The van der Waals surface area contributed by atoms with Gasteiger partial charge in [0.1, 0.15) is 5.82 Å². The van der Waals surface area contributed by atoms with E-state index in [-0.39, 0.29) is 10.7 Å². The third-order valence-corrected chi connectivity index (χ3v) is 6.27. The van der Waals surface area contributed by atoms with E-state index in [2.05, 4.69) is 4.90 Å². The number of hydrogen-bond acceptors (Lipinski definition) is 3. The van der Waals surface area contributed by atoms with Crippen LogP contribution >= 0.6 is 0 Å². The summed E-state index contributed by atoms with van der Waals surface area (Å²) in [7, 11) is -0.402. The molecule has 0 N–H and O–H groups in total. The topological polar surface area (TPSA) is 40.6 Å². The van der Waals surface area contributed by atoms with Crippen LogP contribution in [-0.4, -0.2) is 37.8 Å². The van der Waals surface area contributed by atoms with Gasteiger partial charge in [-0.25, -0.2) is 17.1 Å². The number of sulfonamides is 1. The Morgan fingerprint density at radius 2 is 1.76 bits per heavy atom. The fourth-order valence-corrected chi connectivity index (χ4v) is 3.82. The summed E-state index contributed by atoms with van der Waals surface area (Å²) in [5.41, 5.74) is 1.60. The lowest BCUT2D eigenvalue weighted by Gasteiger charge is -2.23. The number of benzene rings is 2. The van der Waals surface area contributed by atoms with E-state index in [4.69, 9.17) is 0 Å². The summed E-state index contributed by atoms with van der Waals surface area (Å²) in [5, 5.41) is 0. The van der Waals surface area contributed by atoms with Gasteiger partial charge in [0.25, 0.3) is 0 Å². The molecule has 6 heteroatoms. The van der Waals surface area contributed by atoms with Crippen molar-refractivity contribution < 1.29 is 12.8 Å². The molecule has 134 valence electrons. The first-order valence-electron chi connectivity index (χ1n) is 8.37. The largest absolute Gasteiger partial charge is 0.292 e. The van der Waals surface area contributed by atoms with Gasteiger partial charge in [0, 0.05) is 38.8 Å². The van der Waals surface area contributed by atoms with Gasteiger partial charge in [-0.05, 0) is 36.6 Å². The molecular formula is C19H23FN2O2S. The van der Waals surface area contributed by atoms with Crippen LogP contribution in [0, 0.1) is 5.82 Å². The standard InChI is InChI=1S/C19H23FN2O2S/c1-21(2)25(23,24)18-8-5-6-15(12-18)13-22(17-10-11-17)14-16-7-3-4-9-19(16)20/h3-9,12,17H,10-11,13-14H2,1-2H3. The average molecular weight is 362 g/mol. The van der Waals surface area contributed by atoms with Crippen molar-refractivity contribution in [3.8, 4) is 0 Å². The highest BCUT2D eigenvalue weighted by molar-refractivity contribution is 7.89. The van der Waals surface area contributed by atoms with Crippen LogP contribution in [0.1, 0.15) is 24.0 Å². The molecule has 0 radical (unpaired) electrons. The molecule has 2 aromatic carbocycles. The minimum absolute atomic E-state index is 0.197. The highest BCUT2D eigenvalue weighted by Gasteiger charge is 2.29. The molecule has 3 rings (SSSR count). The van der Waals surface area contributed by atoms with Crippen molar-refractivity contribution in [2.45, 2.75) is 36.9 Å². The lowest BCUT2D eigenvalue weighted by molar-refractivity contribution is 0.242. The van der Waals surface area contributed by atoms with Gasteiger partial charge in [-0.1, -0.05) is 30.3 Å². The molecule has 2 aromatic rings. The van der Waals surface area contributed by atoms with Crippen LogP contribution in [0.3, 0.4) is 0 Å². The highest BCUT2D eigenvalue weighted by Crippen LogP contribution is 2.30. The van der Waals surface area contributed by atoms with E-state index in [9.17, 15) is 12.8 Å². The summed E-state index contributed by atoms with van der Waals surface area (Å²) >= 11 is 0. The zero-order valence-electron chi connectivity index (χ0n) is 14.5. The first kappa shape index (κ1) is 18.0. The van der Waals surface area contributed by atoms with Gasteiger partial charge >= 0.3 is 0 Å². The van der Waals surface area contributed by atoms with Crippen LogP contribution in [0.25, 0.3) is 0 Å². The van der Waals surface area contributed by atoms with E-state index in [1.807, 2.05) is 12.1 Å².